The van der Waals surface area contributed by atoms with E-state index in [4.69, 9.17) is 14.1 Å². The van der Waals surface area contributed by atoms with Gasteiger partial charge in [-0.1, -0.05) is 19.3 Å². The summed E-state index contributed by atoms with van der Waals surface area (Å²) in [5, 5.41) is 6.85. The smallest absolute Gasteiger partial charge is 0.208 e. The summed E-state index contributed by atoms with van der Waals surface area (Å²) in [5.41, 5.74) is 1.00. The Morgan fingerprint density at radius 1 is 1.13 bits per heavy atom. The van der Waals surface area contributed by atoms with Gasteiger partial charge in [0.1, 0.15) is 5.76 Å². The number of guanidine groups is 1. The van der Waals surface area contributed by atoms with Crippen molar-refractivity contribution in [2.75, 3.05) is 39.3 Å². The molecular weight excluding hydrogens is 390 g/mol. The molecule has 1 aliphatic heterocycles. The van der Waals surface area contributed by atoms with E-state index in [0.29, 0.717) is 12.0 Å². The number of likely N-dealkylation sites (tertiary alicyclic amines) is 1. The number of nitrogens with zero attached hydrogens (tertiary/aromatic N) is 3. The molecule has 1 aromatic heterocycles. The summed E-state index contributed by atoms with van der Waals surface area (Å²) in [7, 11) is 0. The SMILES string of the molecule is CCNC(=NCC1CCN(Cc2nc(C)c(C)o2)CC1)NCCCOC1CCCCC1. The van der Waals surface area contributed by atoms with Crippen molar-refractivity contribution in [2.24, 2.45) is 10.9 Å². The van der Waals surface area contributed by atoms with E-state index in [0.717, 1.165) is 75.6 Å². The fourth-order valence-electron chi connectivity index (χ4n) is 4.45. The van der Waals surface area contributed by atoms with Crippen LogP contribution in [0.15, 0.2) is 9.41 Å². The molecule has 0 amide bonds. The molecule has 0 aromatic carbocycles. The molecule has 31 heavy (non-hydrogen) atoms. The van der Waals surface area contributed by atoms with Crippen LogP contribution in [-0.4, -0.2) is 61.3 Å². The first-order chi connectivity index (χ1) is 15.1. The van der Waals surface area contributed by atoms with Crippen LogP contribution in [0, 0.1) is 19.8 Å². The average molecular weight is 434 g/mol. The summed E-state index contributed by atoms with van der Waals surface area (Å²) >= 11 is 0. The summed E-state index contributed by atoms with van der Waals surface area (Å²) < 4.78 is 11.8. The van der Waals surface area contributed by atoms with Crippen LogP contribution in [0.1, 0.15) is 75.6 Å². The average Bonchev–Trinajstić information content (AvgIpc) is 3.10. The van der Waals surface area contributed by atoms with Crippen LogP contribution in [0.25, 0.3) is 0 Å². The second-order valence-corrected chi connectivity index (χ2v) is 9.10. The number of nitrogens with one attached hydrogen (secondary N) is 2. The minimum atomic E-state index is 0.498. The number of oxazole rings is 1. The molecule has 2 N–H and O–H groups in total. The Labute approximate surface area is 188 Å². The molecule has 7 heteroatoms. The zero-order valence-electron chi connectivity index (χ0n) is 19.9. The summed E-state index contributed by atoms with van der Waals surface area (Å²) in [6, 6.07) is 0. The molecule has 1 aromatic rings. The van der Waals surface area contributed by atoms with E-state index in [1.165, 1.54) is 44.9 Å². The van der Waals surface area contributed by atoms with Gasteiger partial charge in [0.2, 0.25) is 5.89 Å². The van der Waals surface area contributed by atoms with Gasteiger partial charge in [-0.05, 0) is 71.9 Å². The van der Waals surface area contributed by atoms with Gasteiger partial charge >= 0.3 is 0 Å². The lowest BCUT2D eigenvalue weighted by molar-refractivity contribution is 0.0277. The van der Waals surface area contributed by atoms with Gasteiger partial charge in [0, 0.05) is 26.2 Å². The Morgan fingerprint density at radius 2 is 1.90 bits per heavy atom. The highest BCUT2D eigenvalue weighted by Crippen LogP contribution is 2.21. The maximum atomic E-state index is 6.02. The second kappa shape index (κ2) is 13.1. The molecule has 0 radical (unpaired) electrons. The third kappa shape index (κ3) is 8.45. The van der Waals surface area contributed by atoms with Crippen LogP contribution < -0.4 is 10.6 Å². The topological polar surface area (TPSA) is 74.9 Å². The number of hydrogen-bond acceptors (Lipinski definition) is 5. The summed E-state index contributed by atoms with van der Waals surface area (Å²) in [4.78, 5) is 11.8. The van der Waals surface area contributed by atoms with E-state index in [2.05, 4.69) is 27.4 Å². The predicted molar refractivity (Wildman–Crippen MR) is 125 cm³/mol. The standard InChI is InChI=1S/C24H43N5O2/c1-4-25-24(26-13-8-16-30-22-9-6-5-7-10-22)27-17-21-11-14-29(15-12-21)18-23-28-19(2)20(3)31-23/h21-22H,4-18H2,1-3H3,(H2,25,26,27). The van der Waals surface area contributed by atoms with Crippen molar-refractivity contribution in [3.63, 3.8) is 0 Å². The van der Waals surface area contributed by atoms with Crippen LogP contribution in [0.3, 0.4) is 0 Å². The van der Waals surface area contributed by atoms with E-state index in [1.54, 1.807) is 0 Å². The second-order valence-electron chi connectivity index (χ2n) is 9.10. The van der Waals surface area contributed by atoms with Crippen LogP contribution in [0.2, 0.25) is 0 Å². The molecule has 176 valence electrons. The molecule has 1 saturated carbocycles. The van der Waals surface area contributed by atoms with E-state index in [9.17, 15) is 0 Å². The molecule has 2 fully saturated rings. The van der Waals surface area contributed by atoms with Crippen molar-refractivity contribution in [1.82, 2.24) is 20.5 Å². The molecule has 0 atom stereocenters. The zero-order chi connectivity index (χ0) is 21.9. The molecule has 7 nitrogen and oxygen atoms in total. The van der Waals surface area contributed by atoms with Crippen LogP contribution in [-0.2, 0) is 11.3 Å². The van der Waals surface area contributed by atoms with E-state index >= 15 is 0 Å². The van der Waals surface area contributed by atoms with Crippen molar-refractivity contribution in [1.29, 1.82) is 0 Å². The third-order valence-electron chi connectivity index (χ3n) is 6.51. The van der Waals surface area contributed by atoms with Gasteiger partial charge in [-0.2, -0.15) is 0 Å². The molecule has 3 rings (SSSR count). The summed E-state index contributed by atoms with van der Waals surface area (Å²) in [6.07, 6.45) is 10.4. The number of rotatable bonds is 10. The van der Waals surface area contributed by atoms with Crippen LogP contribution in [0.4, 0.5) is 0 Å². The fraction of sp³-hybridized carbons (Fsp3) is 0.833. The lowest BCUT2D eigenvalue weighted by Crippen LogP contribution is -2.39. The Hall–Kier alpha value is -1.60. The molecule has 0 unspecified atom stereocenters. The van der Waals surface area contributed by atoms with Crippen molar-refractivity contribution < 1.29 is 9.15 Å². The molecule has 0 bridgehead atoms. The van der Waals surface area contributed by atoms with Gasteiger partial charge in [0.15, 0.2) is 5.96 Å². The molecular formula is C24H43N5O2. The maximum Gasteiger partial charge on any atom is 0.208 e. The Bertz CT molecular complexity index is 641. The summed E-state index contributed by atoms with van der Waals surface area (Å²) in [5.74, 6) is 3.36. The van der Waals surface area contributed by atoms with Gasteiger partial charge in [0.25, 0.3) is 0 Å². The zero-order valence-corrected chi connectivity index (χ0v) is 19.9. The van der Waals surface area contributed by atoms with Gasteiger partial charge in [-0.25, -0.2) is 4.98 Å². The highest BCUT2D eigenvalue weighted by Gasteiger charge is 2.21. The minimum absolute atomic E-state index is 0.498. The van der Waals surface area contributed by atoms with Crippen molar-refractivity contribution in [2.45, 2.75) is 84.8 Å². The lowest BCUT2D eigenvalue weighted by Gasteiger charge is -2.30. The van der Waals surface area contributed by atoms with Gasteiger partial charge in [-0.15, -0.1) is 0 Å². The number of hydrogen-bond donors (Lipinski definition) is 2. The first-order valence-corrected chi connectivity index (χ1v) is 12.4. The highest BCUT2D eigenvalue weighted by atomic mass is 16.5. The predicted octanol–water partition coefficient (Wildman–Crippen LogP) is 3.80. The Balaban J connectivity index is 1.31. The summed E-state index contributed by atoms with van der Waals surface area (Å²) in [6.45, 7) is 12.6. The van der Waals surface area contributed by atoms with Gasteiger partial charge in [-0.3, -0.25) is 9.89 Å². The van der Waals surface area contributed by atoms with E-state index in [-0.39, 0.29) is 0 Å². The largest absolute Gasteiger partial charge is 0.444 e. The lowest BCUT2D eigenvalue weighted by atomic mass is 9.97. The highest BCUT2D eigenvalue weighted by molar-refractivity contribution is 5.79. The normalized spacial score (nSPS) is 19.6. The van der Waals surface area contributed by atoms with Crippen LogP contribution >= 0.6 is 0 Å². The first kappa shape index (κ1) is 24.1. The quantitative estimate of drug-likeness (QED) is 0.332. The molecule has 2 aliphatic rings. The Kier molecular flexibility index (Phi) is 10.1. The van der Waals surface area contributed by atoms with Gasteiger partial charge < -0.3 is 19.8 Å². The third-order valence-corrected chi connectivity index (χ3v) is 6.51. The number of aromatic nitrogens is 1. The fourth-order valence-corrected chi connectivity index (χ4v) is 4.45. The molecule has 2 heterocycles. The number of ether oxygens (including phenoxy) is 1. The number of aliphatic imine (C=N–C) groups is 1. The molecule has 1 saturated heterocycles. The molecule has 1 aliphatic carbocycles. The maximum absolute atomic E-state index is 6.02. The van der Waals surface area contributed by atoms with Gasteiger partial charge in [0.05, 0.1) is 18.3 Å². The van der Waals surface area contributed by atoms with Crippen molar-refractivity contribution >= 4 is 5.96 Å². The monoisotopic (exact) mass is 433 g/mol. The van der Waals surface area contributed by atoms with E-state index in [1.807, 2.05) is 13.8 Å². The number of piperidine rings is 1. The molecule has 0 spiro atoms. The van der Waals surface area contributed by atoms with Crippen LogP contribution in [0.5, 0.6) is 0 Å². The minimum Gasteiger partial charge on any atom is -0.444 e. The van der Waals surface area contributed by atoms with Crippen molar-refractivity contribution in [3.05, 3.63) is 17.3 Å². The number of aryl methyl sites for hydroxylation is 2. The van der Waals surface area contributed by atoms with E-state index < -0.39 is 0 Å². The van der Waals surface area contributed by atoms with Crippen molar-refractivity contribution in [3.8, 4) is 0 Å². The Morgan fingerprint density at radius 3 is 2.58 bits per heavy atom. The first-order valence-electron chi connectivity index (χ1n) is 12.4.